The van der Waals surface area contributed by atoms with E-state index in [1.54, 1.807) is 24.3 Å². The van der Waals surface area contributed by atoms with Crippen molar-refractivity contribution in [1.82, 2.24) is 5.01 Å². The molecule has 4 rings (SSSR count). The SMILES string of the molecule is CN(C)c1ccc(C2CC(c3ccc(Cl)cc3)=NN2C(=O)COc2ccccc2C=O)cc1. The fraction of sp³-hybridized carbons (Fsp3) is 0.192. The molecule has 0 radical (unpaired) electrons. The molecule has 0 aliphatic carbocycles. The van der Waals surface area contributed by atoms with Gasteiger partial charge in [-0.2, -0.15) is 5.10 Å². The van der Waals surface area contributed by atoms with Gasteiger partial charge in [-0.1, -0.05) is 48.0 Å². The van der Waals surface area contributed by atoms with Crippen LogP contribution in [0, 0.1) is 0 Å². The predicted octanol–water partition coefficient (Wildman–Crippen LogP) is 4.98. The van der Waals surface area contributed by atoms with Crippen LogP contribution in [-0.2, 0) is 4.79 Å². The number of halogens is 1. The van der Waals surface area contributed by atoms with Gasteiger partial charge in [0.15, 0.2) is 12.9 Å². The van der Waals surface area contributed by atoms with Crippen molar-refractivity contribution in [2.24, 2.45) is 5.10 Å². The van der Waals surface area contributed by atoms with E-state index in [4.69, 9.17) is 16.3 Å². The Morgan fingerprint density at radius 2 is 1.79 bits per heavy atom. The van der Waals surface area contributed by atoms with Crippen LogP contribution in [0.25, 0.3) is 0 Å². The Hall–Kier alpha value is -3.64. The molecule has 0 fully saturated rings. The van der Waals surface area contributed by atoms with E-state index in [0.29, 0.717) is 29.0 Å². The molecule has 0 saturated heterocycles. The van der Waals surface area contributed by atoms with E-state index in [9.17, 15) is 9.59 Å². The van der Waals surface area contributed by atoms with Gasteiger partial charge in [-0.25, -0.2) is 5.01 Å². The maximum absolute atomic E-state index is 13.2. The Kier molecular flexibility index (Phi) is 6.75. The van der Waals surface area contributed by atoms with Crippen molar-refractivity contribution in [3.05, 3.63) is 94.5 Å². The van der Waals surface area contributed by atoms with Crippen LogP contribution in [0.5, 0.6) is 5.75 Å². The first-order valence-electron chi connectivity index (χ1n) is 10.6. The smallest absolute Gasteiger partial charge is 0.281 e. The second-order valence-corrected chi connectivity index (χ2v) is 8.38. The van der Waals surface area contributed by atoms with Gasteiger partial charge in [0, 0.05) is 31.2 Å². The number of nitrogens with zero attached hydrogens (tertiary/aromatic N) is 3. The van der Waals surface area contributed by atoms with Crippen molar-refractivity contribution in [2.45, 2.75) is 12.5 Å². The van der Waals surface area contributed by atoms with Crippen LogP contribution in [0.3, 0.4) is 0 Å². The number of carbonyl (C=O) groups is 2. The maximum Gasteiger partial charge on any atom is 0.281 e. The second-order valence-electron chi connectivity index (χ2n) is 7.94. The van der Waals surface area contributed by atoms with Crippen LogP contribution >= 0.6 is 11.6 Å². The fourth-order valence-electron chi connectivity index (χ4n) is 3.73. The van der Waals surface area contributed by atoms with Crippen molar-refractivity contribution >= 4 is 35.2 Å². The Labute approximate surface area is 198 Å². The van der Waals surface area contributed by atoms with Gasteiger partial charge < -0.3 is 9.64 Å². The Morgan fingerprint density at radius 3 is 2.45 bits per heavy atom. The van der Waals surface area contributed by atoms with Crippen LogP contribution < -0.4 is 9.64 Å². The van der Waals surface area contributed by atoms with Crippen molar-refractivity contribution in [3.8, 4) is 5.75 Å². The highest BCUT2D eigenvalue weighted by molar-refractivity contribution is 6.30. The lowest BCUT2D eigenvalue weighted by molar-refractivity contribution is -0.135. The molecule has 0 spiro atoms. The molecule has 33 heavy (non-hydrogen) atoms. The lowest BCUT2D eigenvalue weighted by Gasteiger charge is -2.23. The van der Waals surface area contributed by atoms with E-state index < -0.39 is 0 Å². The molecule has 1 heterocycles. The largest absolute Gasteiger partial charge is 0.483 e. The minimum Gasteiger partial charge on any atom is -0.483 e. The fourth-order valence-corrected chi connectivity index (χ4v) is 3.85. The molecule has 0 saturated carbocycles. The third-order valence-corrected chi connectivity index (χ3v) is 5.79. The highest BCUT2D eigenvalue weighted by Gasteiger charge is 2.33. The van der Waals surface area contributed by atoms with E-state index in [2.05, 4.69) is 5.10 Å². The monoisotopic (exact) mass is 461 g/mol. The number of anilines is 1. The number of carbonyl (C=O) groups excluding carboxylic acids is 2. The van der Waals surface area contributed by atoms with Gasteiger partial charge in [0.25, 0.3) is 5.91 Å². The van der Waals surface area contributed by atoms with Crippen molar-refractivity contribution in [1.29, 1.82) is 0 Å². The van der Waals surface area contributed by atoms with Crippen LogP contribution in [-0.4, -0.2) is 43.6 Å². The summed E-state index contributed by atoms with van der Waals surface area (Å²) in [6, 6.07) is 22.1. The summed E-state index contributed by atoms with van der Waals surface area (Å²) in [7, 11) is 3.97. The molecule has 1 aliphatic rings. The van der Waals surface area contributed by atoms with Gasteiger partial charge in [0.1, 0.15) is 5.75 Å². The number of para-hydroxylation sites is 1. The first kappa shape index (κ1) is 22.6. The zero-order chi connectivity index (χ0) is 23.4. The zero-order valence-electron chi connectivity index (χ0n) is 18.4. The first-order valence-corrected chi connectivity index (χ1v) is 10.9. The molecule has 0 N–H and O–H groups in total. The van der Waals surface area contributed by atoms with Gasteiger partial charge in [0.05, 0.1) is 17.3 Å². The molecule has 168 valence electrons. The quantitative estimate of drug-likeness (QED) is 0.466. The molecule has 3 aromatic carbocycles. The minimum atomic E-state index is -0.290. The summed E-state index contributed by atoms with van der Waals surface area (Å²) in [5.74, 6) is 0.0789. The van der Waals surface area contributed by atoms with Crippen LogP contribution in [0.4, 0.5) is 5.69 Å². The maximum atomic E-state index is 13.2. The molecule has 3 aromatic rings. The van der Waals surface area contributed by atoms with Crippen LogP contribution in [0.15, 0.2) is 77.9 Å². The van der Waals surface area contributed by atoms with E-state index in [0.717, 1.165) is 22.5 Å². The molecule has 1 amide bonds. The van der Waals surface area contributed by atoms with Gasteiger partial charge in [-0.15, -0.1) is 0 Å². The molecule has 1 aliphatic heterocycles. The van der Waals surface area contributed by atoms with Crippen molar-refractivity contribution in [2.75, 3.05) is 25.6 Å². The molecular weight excluding hydrogens is 438 g/mol. The number of hydrazone groups is 1. The number of aldehydes is 1. The number of hydrogen-bond donors (Lipinski definition) is 0. The zero-order valence-corrected chi connectivity index (χ0v) is 19.2. The topological polar surface area (TPSA) is 62.2 Å². The standard InChI is InChI=1S/C26H24ClN3O3/c1-29(2)22-13-9-19(10-14-22)24-15-23(18-7-11-21(27)12-8-18)28-30(24)26(32)17-33-25-6-4-3-5-20(25)16-31/h3-14,16,24H,15,17H2,1-2H3. The van der Waals surface area contributed by atoms with Crippen molar-refractivity contribution in [3.63, 3.8) is 0 Å². The number of ether oxygens (including phenoxy) is 1. The highest BCUT2D eigenvalue weighted by Crippen LogP contribution is 2.34. The third kappa shape index (κ3) is 5.07. The lowest BCUT2D eigenvalue weighted by Crippen LogP contribution is -2.31. The summed E-state index contributed by atoms with van der Waals surface area (Å²) in [5, 5.41) is 6.78. The van der Waals surface area contributed by atoms with Gasteiger partial charge >= 0.3 is 0 Å². The second kappa shape index (κ2) is 9.88. The third-order valence-electron chi connectivity index (χ3n) is 5.53. The molecular formula is C26H24ClN3O3. The molecule has 7 heteroatoms. The summed E-state index contributed by atoms with van der Waals surface area (Å²) < 4.78 is 5.68. The average Bonchev–Trinajstić information content (AvgIpc) is 3.29. The van der Waals surface area contributed by atoms with E-state index >= 15 is 0 Å². The van der Waals surface area contributed by atoms with Crippen molar-refractivity contribution < 1.29 is 14.3 Å². The van der Waals surface area contributed by atoms with E-state index in [-0.39, 0.29) is 18.6 Å². The normalized spacial score (nSPS) is 15.2. The summed E-state index contributed by atoms with van der Waals surface area (Å²) >= 11 is 6.04. The predicted molar refractivity (Wildman–Crippen MR) is 130 cm³/mol. The molecule has 1 unspecified atom stereocenters. The van der Waals surface area contributed by atoms with Gasteiger partial charge in [-0.3, -0.25) is 9.59 Å². The summed E-state index contributed by atoms with van der Waals surface area (Å²) in [5.41, 5.74) is 4.16. The molecule has 1 atom stereocenters. The molecule has 6 nitrogen and oxygen atoms in total. The van der Waals surface area contributed by atoms with Gasteiger partial charge in [0.2, 0.25) is 0 Å². The van der Waals surface area contributed by atoms with Gasteiger partial charge in [-0.05, 0) is 47.5 Å². The first-order chi connectivity index (χ1) is 16.0. The summed E-state index contributed by atoms with van der Waals surface area (Å²) in [6.07, 6.45) is 1.28. The Balaban J connectivity index is 1.60. The van der Waals surface area contributed by atoms with E-state index in [1.165, 1.54) is 5.01 Å². The average molecular weight is 462 g/mol. The number of hydrogen-bond acceptors (Lipinski definition) is 5. The molecule has 0 aromatic heterocycles. The minimum absolute atomic E-state index is 0.228. The Bertz CT molecular complexity index is 1170. The highest BCUT2D eigenvalue weighted by atomic mass is 35.5. The lowest BCUT2D eigenvalue weighted by atomic mass is 9.98. The number of benzene rings is 3. The van der Waals surface area contributed by atoms with Crippen LogP contribution in [0.2, 0.25) is 5.02 Å². The number of rotatable bonds is 7. The molecule has 0 bridgehead atoms. The Morgan fingerprint density at radius 1 is 1.09 bits per heavy atom. The van der Waals surface area contributed by atoms with Crippen LogP contribution in [0.1, 0.15) is 33.9 Å². The summed E-state index contributed by atoms with van der Waals surface area (Å²) in [6.45, 7) is -0.228. The summed E-state index contributed by atoms with van der Waals surface area (Å²) in [4.78, 5) is 26.5. The van der Waals surface area contributed by atoms with E-state index in [1.807, 2.05) is 67.5 Å². The number of amides is 1.